The minimum atomic E-state index is -0.105. The Morgan fingerprint density at radius 2 is 1.92 bits per heavy atom. The molecule has 128 valence electrons. The van der Waals surface area contributed by atoms with E-state index in [1.165, 1.54) is 42.4 Å². The van der Waals surface area contributed by atoms with E-state index in [0.717, 1.165) is 5.56 Å². The average molecular weight is 326 g/mol. The van der Waals surface area contributed by atoms with Gasteiger partial charge in [-0.2, -0.15) is 0 Å². The second kappa shape index (κ2) is 7.51. The van der Waals surface area contributed by atoms with Gasteiger partial charge in [-0.25, -0.2) is 4.98 Å². The highest BCUT2D eigenvalue weighted by molar-refractivity contribution is 5.48. The lowest BCUT2D eigenvalue weighted by Gasteiger charge is -2.33. The van der Waals surface area contributed by atoms with Crippen LogP contribution in [0.15, 0.2) is 41.5 Å². The van der Waals surface area contributed by atoms with Crippen LogP contribution in [-0.2, 0) is 13.6 Å². The van der Waals surface area contributed by atoms with Gasteiger partial charge in [-0.05, 0) is 30.5 Å². The minimum absolute atomic E-state index is 0.105. The summed E-state index contributed by atoms with van der Waals surface area (Å²) in [7, 11) is 3.92. The van der Waals surface area contributed by atoms with E-state index in [-0.39, 0.29) is 5.56 Å². The number of aryl methyl sites for hydroxylation is 1. The Hall–Kier alpha value is -2.30. The number of hydrogen-bond donors (Lipinski definition) is 1. The molecule has 1 aliphatic carbocycles. The maximum Gasteiger partial charge on any atom is 0.293 e. The third-order valence-corrected chi connectivity index (χ3v) is 4.94. The summed E-state index contributed by atoms with van der Waals surface area (Å²) in [6, 6.07) is 9.24. The second-order valence-corrected chi connectivity index (χ2v) is 6.61. The molecule has 0 saturated heterocycles. The lowest BCUT2D eigenvalue weighted by molar-refractivity contribution is 0.427. The van der Waals surface area contributed by atoms with E-state index in [9.17, 15) is 4.79 Å². The molecular formula is C19H26N4O. The first kappa shape index (κ1) is 16.6. The molecule has 0 aliphatic heterocycles. The Morgan fingerprint density at radius 3 is 2.62 bits per heavy atom. The van der Waals surface area contributed by atoms with E-state index in [1.807, 2.05) is 0 Å². The molecule has 3 rings (SSSR count). The topological polar surface area (TPSA) is 50.2 Å². The third-order valence-electron chi connectivity index (χ3n) is 4.94. The lowest BCUT2D eigenvalue weighted by Crippen LogP contribution is -2.33. The Bertz CT molecular complexity index is 717. The highest BCUT2D eigenvalue weighted by Gasteiger charge is 2.18. The van der Waals surface area contributed by atoms with Crippen LogP contribution in [0.1, 0.15) is 37.7 Å². The van der Waals surface area contributed by atoms with Gasteiger partial charge in [0.1, 0.15) is 0 Å². The highest BCUT2D eigenvalue weighted by Crippen LogP contribution is 2.26. The van der Waals surface area contributed by atoms with E-state index in [0.29, 0.717) is 18.4 Å². The van der Waals surface area contributed by atoms with E-state index in [2.05, 4.69) is 46.5 Å². The van der Waals surface area contributed by atoms with Crippen LogP contribution < -0.4 is 15.8 Å². The van der Waals surface area contributed by atoms with Gasteiger partial charge in [0.15, 0.2) is 5.82 Å². The lowest BCUT2D eigenvalue weighted by atomic mass is 9.94. The summed E-state index contributed by atoms with van der Waals surface area (Å²) in [5, 5.41) is 3.12. The van der Waals surface area contributed by atoms with Gasteiger partial charge in [-0.15, -0.1) is 0 Å². The fourth-order valence-corrected chi connectivity index (χ4v) is 3.33. The number of benzene rings is 1. The molecule has 1 aliphatic rings. The first-order chi connectivity index (χ1) is 11.6. The highest BCUT2D eigenvalue weighted by atomic mass is 16.1. The van der Waals surface area contributed by atoms with Crippen molar-refractivity contribution in [3.05, 3.63) is 52.6 Å². The number of anilines is 2. The van der Waals surface area contributed by atoms with Crippen LogP contribution in [0, 0.1) is 0 Å². The van der Waals surface area contributed by atoms with Gasteiger partial charge in [-0.3, -0.25) is 4.79 Å². The molecule has 5 nitrogen and oxygen atoms in total. The Kier molecular flexibility index (Phi) is 5.18. The van der Waals surface area contributed by atoms with Crippen LogP contribution in [0.3, 0.4) is 0 Å². The van der Waals surface area contributed by atoms with E-state index < -0.39 is 0 Å². The Morgan fingerprint density at radius 1 is 1.21 bits per heavy atom. The van der Waals surface area contributed by atoms with Gasteiger partial charge in [0.25, 0.3) is 5.56 Å². The molecular weight excluding hydrogens is 300 g/mol. The molecule has 1 N–H and O–H groups in total. The van der Waals surface area contributed by atoms with Crippen LogP contribution >= 0.6 is 0 Å². The maximum atomic E-state index is 11.9. The van der Waals surface area contributed by atoms with Crippen molar-refractivity contribution < 1.29 is 0 Å². The summed E-state index contributed by atoms with van der Waals surface area (Å²) in [5.74, 6) is 0.392. The Balaban J connectivity index is 1.62. The molecule has 2 aromatic rings. The molecule has 0 unspecified atom stereocenters. The predicted molar refractivity (Wildman–Crippen MR) is 98.5 cm³/mol. The van der Waals surface area contributed by atoms with Gasteiger partial charge >= 0.3 is 0 Å². The standard InChI is InChI=1S/C19H26N4O/c1-22-13-12-20-18(19(22)24)21-14-15-8-10-17(11-9-15)23(2)16-6-4-3-5-7-16/h8-13,16H,3-7,14H2,1-2H3,(H,20,21). The molecule has 1 fully saturated rings. The van der Waals surface area contributed by atoms with Crippen molar-refractivity contribution in [2.24, 2.45) is 7.05 Å². The number of aromatic nitrogens is 2. The minimum Gasteiger partial charge on any atom is -0.372 e. The molecule has 0 atom stereocenters. The summed E-state index contributed by atoms with van der Waals surface area (Å²) in [6.45, 7) is 0.597. The van der Waals surface area contributed by atoms with Gasteiger partial charge in [0.2, 0.25) is 0 Å². The van der Waals surface area contributed by atoms with Crippen molar-refractivity contribution in [3.63, 3.8) is 0 Å². The van der Waals surface area contributed by atoms with Gasteiger partial charge in [-0.1, -0.05) is 31.4 Å². The Labute approximate surface area is 143 Å². The molecule has 0 spiro atoms. The van der Waals surface area contributed by atoms with E-state index >= 15 is 0 Å². The van der Waals surface area contributed by atoms with E-state index in [4.69, 9.17) is 0 Å². The van der Waals surface area contributed by atoms with Crippen LogP contribution in [0.5, 0.6) is 0 Å². The second-order valence-electron chi connectivity index (χ2n) is 6.61. The molecule has 1 heterocycles. The van der Waals surface area contributed by atoms with Crippen molar-refractivity contribution in [1.82, 2.24) is 9.55 Å². The summed E-state index contributed by atoms with van der Waals surface area (Å²) in [5.41, 5.74) is 2.30. The largest absolute Gasteiger partial charge is 0.372 e. The third kappa shape index (κ3) is 3.78. The zero-order valence-corrected chi connectivity index (χ0v) is 14.5. The van der Waals surface area contributed by atoms with Gasteiger partial charge in [0, 0.05) is 44.8 Å². The SMILES string of the molecule is CN(c1ccc(CNc2nccn(C)c2=O)cc1)C1CCCCC1. The van der Waals surface area contributed by atoms with Crippen LogP contribution in [0.25, 0.3) is 0 Å². The molecule has 1 saturated carbocycles. The number of nitrogens with one attached hydrogen (secondary N) is 1. The van der Waals surface area contributed by atoms with Crippen LogP contribution in [0.4, 0.5) is 11.5 Å². The monoisotopic (exact) mass is 326 g/mol. The fourth-order valence-electron chi connectivity index (χ4n) is 3.33. The summed E-state index contributed by atoms with van der Waals surface area (Å²) < 4.78 is 1.53. The number of nitrogens with zero attached hydrogens (tertiary/aromatic N) is 3. The molecule has 1 aromatic carbocycles. The molecule has 0 radical (unpaired) electrons. The first-order valence-electron chi connectivity index (χ1n) is 8.72. The fraction of sp³-hybridized carbons (Fsp3) is 0.474. The van der Waals surface area contributed by atoms with Crippen molar-refractivity contribution >= 4 is 11.5 Å². The molecule has 0 amide bonds. The zero-order chi connectivity index (χ0) is 16.9. The first-order valence-corrected chi connectivity index (χ1v) is 8.72. The van der Waals surface area contributed by atoms with Crippen molar-refractivity contribution in [2.75, 3.05) is 17.3 Å². The molecule has 24 heavy (non-hydrogen) atoms. The summed E-state index contributed by atoms with van der Waals surface area (Å²) in [6.07, 6.45) is 9.94. The molecule has 0 bridgehead atoms. The van der Waals surface area contributed by atoms with Crippen LogP contribution in [-0.4, -0.2) is 22.6 Å². The molecule has 5 heteroatoms. The summed E-state index contributed by atoms with van der Waals surface area (Å²) in [4.78, 5) is 18.5. The normalized spacial score (nSPS) is 15.2. The number of rotatable bonds is 5. The number of hydrogen-bond acceptors (Lipinski definition) is 4. The van der Waals surface area contributed by atoms with Gasteiger partial charge in [0.05, 0.1) is 0 Å². The average Bonchev–Trinajstić information content (AvgIpc) is 2.63. The molecule has 1 aromatic heterocycles. The predicted octanol–water partition coefficient (Wildman–Crippen LogP) is 3.16. The summed E-state index contributed by atoms with van der Waals surface area (Å²) >= 11 is 0. The van der Waals surface area contributed by atoms with Crippen LogP contribution in [0.2, 0.25) is 0 Å². The van der Waals surface area contributed by atoms with Gasteiger partial charge < -0.3 is 14.8 Å². The smallest absolute Gasteiger partial charge is 0.293 e. The zero-order valence-electron chi connectivity index (χ0n) is 14.5. The quantitative estimate of drug-likeness (QED) is 0.917. The van der Waals surface area contributed by atoms with E-state index in [1.54, 1.807) is 19.4 Å². The van der Waals surface area contributed by atoms with Crippen molar-refractivity contribution in [3.8, 4) is 0 Å². The van der Waals surface area contributed by atoms with Crippen molar-refractivity contribution in [2.45, 2.75) is 44.7 Å². The maximum absolute atomic E-state index is 11.9. The van der Waals surface area contributed by atoms with Crippen molar-refractivity contribution in [1.29, 1.82) is 0 Å².